The second kappa shape index (κ2) is 3.52. The molecule has 0 aromatic carbocycles. The summed E-state index contributed by atoms with van der Waals surface area (Å²) in [5.41, 5.74) is 5.61. The van der Waals surface area contributed by atoms with E-state index in [-0.39, 0.29) is 12.1 Å². The number of rotatable bonds is 2. The summed E-state index contributed by atoms with van der Waals surface area (Å²) in [4.78, 5) is 1.70. The van der Waals surface area contributed by atoms with Crippen molar-refractivity contribution < 1.29 is 9.41 Å². The molecule has 1 rings (SSSR count). The van der Waals surface area contributed by atoms with Crippen LogP contribution in [0.15, 0.2) is 0 Å². The van der Waals surface area contributed by atoms with Gasteiger partial charge in [0.25, 0.3) is 0 Å². The van der Waals surface area contributed by atoms with Crippen LogP contribution >= 0.6 is 0 Å². The maximum absolute atomic E-state index is 12.3. The first-order chi connectivity index (χ1) is 5.15. The molecule has 64 valence electrons. The molecule has 1 heterocycles. The summed E-state index contributed by atoms with van der Waals surface area (Å²) in [5.74, 6) is 0. The minimum Gasteiger partial charge on any atom is -0.437 e. The lowest BCUT2D eigenvalue weighted by Gasteiger charge is -2.21. The van der Waals surface area contributed by atoms with Gasteiger partial charge in [0, 0.05) is 18.6 Å². The van der Waals surface area contributed by atoms with Crippen LogP contribution in [0, 0.1) is 0 Å². The van der Waals surface area contributed by atoms with Crippen LogP contribution in [0.4, 0.5) is 4.39 Å². The third kappa shape index (κ3) is 1.92. The first-order valence-electron chi connectivity index (χ1n) is 3.90. The average Bonchev–Trinajstić information content (AvgIpc) is 2.30. The van der Waals surface area contributed by atoms with Gasteiger partial charge in [0.2, 0.25) is 0 Å². The van der Waals surface area contributed by atoms with Crippen LogP contribution < -0.4 is 5.73 Å². The molecular formula is C6H14BFN2O. The number of nitrogens with zero attached hydrogens (tertiary/aromatic N) is 1. The van der Waals surface area contributed by atoms with Crippen molar-refractivity contribution >= 4 is 7.05 Å². The fraction of sp³-hybridized carbons (Fsp3) is 1.00. The molecule has 1 fully saturated rings. The van der Waals surface area contributed by atoms with Gasteiger partial charge >= 0.3 is 7.05 Å². The summed E-state index contributed by atoms with van der Waals surface area (Å²) >= 11 is 0. The number of halogens is 1. The molecule has 2 unspecified atom stereocenters. The molecule has 0 saturated carbocycles. The van der Waals surface area contributed by atoms with Gasteiger partial charge in [0.15, 0.2) is 0 Å². The fourth-order valence-electron chi connectivity index (χ4n) is 1.59. The number of alkyl halides is 1. The van der Waals surface area contributed by atoms with E-state index in [2.05, 4.69) is 0 Å². The Balaban J connectivity index is 2.50. The van der Waals surface area contributed by atoms with Crippen LogP contribution in [0.25, 0.3) is 0 Å². The van der Waals surface area contributed by atoms with Crippen LogP contribution in [0.1, 0.15) is 6.42 Å². The smallest absolute Gasteiger partial charge is 0.376 e. The Labute approximate surface area is 66.5 Å². The quantitative estimate of drug-likeness (QED) is 0.533. The highest BCUT2D eigenvalue weighted by Crippen LogP contribution is 2.17. The van der Waals surface area contributed by atoms with E-state index in [1.807, 2.05) is 0 Å². The van der Waals surface area contributed by atoms with E-state index in [4.69, 9.17) is 5.73 Å². The second-order valence-corrected chi connectivity index (χ2v) is 3.13. The highest BCUT2D eigenvalue weighted by molar-refractivity contribution is 6.45. The maximum Gasteiger partial charge on any atom is 0.376 e. The Hall–Kier alpha value is -0.125. The lowest BCUT2D eigenvalue weighted by Crippen LogP contribution is -2.42. The number of hydrogen-bond donors (Lipinski definition) is 2. The molecule has 0 aromatic heterocycles. The number of nitrogens with two attached hydrogens (primary N) is 1. The van der Waals surface area contributed by atoms with Gasteiger partial charge in [-0.2, -0.15) is 0 Å². The van der Waals surface area contributed by atoms with Gasteiger partial charge in [0.05, 0.1) is 0 Å². The van der Waals surface area contributed by atoms with Gasteiger partial charge in [-0.3, -0.25) is 0 Å². The van der Waals surface area contributed by atoms with Crippen molar-refractivity contribution in [1.82, 2.24) is 4.81 Å². The van der Waals surface area contributed by atoms with Gasteiger partial charge in [-0.05, 0) is 13.2 Å². The summed E-state index contributed by atoms with van der Waals surface area (Å²) in [5, 5.41) is 9.18. The van der Waals surface area contributed by atoms with E-state index in [1.165, 1.54) is 0 Å². The fourth-order valence-corrected chi connectivity index (χ4v) is 1.59. The topological polar surface area (TPSA) is 49.5 Å². The van der Waals surface area contributed by atoms with Crippen LogP contribution in [-0.2, 0) is 0 Å². The largest absolute Gasteiger partial charge is 0.437 e. The molecule has 3 N–H and O–H groups in total. The van der Waals surface area contributed by atoms with Gasteiger partial charge in [-0.25, -0.2) is 4.39 Å². The zero-order valence-corrected chi connectivity index (χ0v) is 6.70. The first-order valence-corrected chi connectivity index (χ1v) is 3.90. The monoisotopic (exact) mass is 160 g/mol. The molecule has 1 aliphatic heterocycles. The molecule has 0 aliphatic carbocycles. The Morgan fingerprint density at radius 3 is 2.82 bits per heavy atom. The van der Waals surface area contributed by atoms with Crippen LogP contribution in [0.5, 0.6) is 0 Å². The lowest BCUT2D eigenvalue weighted by molar-refractivity contribution is 0.286. The van der Waals surface area contributed by atoms with Crippen LogP contribution in [-0.4, -0.2) is 42.2 Å². The summed E-state index contributed by atoms with van der Waals surface area (Å²) in [6.07, 6.45) is 0.654. The first kappa shape index (κ1) is 8.97. The predicted octanol–water partition coefficient (Wildman–Crippen LogP) is -0.532. The van der Waals surface area contributed by atoms with Crippen LogP contribution in [0.3, 0.4) is 0 Å². The second-order valence-electron chi connectivity index (χ2n) is 3.13. The minimum atomic E-state index is -0.579. The van der Waals surface area contributed by atoms with Crippen molar-refractivity contribution in [3.05, 3.63) is 0 Å². The molecule has 3 nitrogen and oxygen atoms in total. The molecule has 1 saturated heterocycles. The van der Waals surface area contributed by atoms with E-state index in [9.17, 15) is 9.41 Å². The van der Waals surface area contributed by atoms with Gasteiger partial charge in [0.1, 0.15) is 6.67 Å². The van der Waals surface area contributed by atoms with E-state index in [0.717, 1.165) is 0 Å². The SMILES string of the molecule is CB(O)N1CC(N)CC1CF. The predicted molar refractivity (Wildman–Crippen MR) is 42.9 cm³/mol. The Kier molecular flexibility index (Phi) is 2.87. The van der Waals surface area contributed by atoms with E-state index in [0.29, 0.717) is 13.0 Å². The van der Waals surface area contributed by atoms with Gasteiger partial charge in [-0.15, -0.1) is 0 Å². The highest BCUT2D eigenvalue weighted by Gasteiger charge is 2.33. The molecule has 2 atom stereocenters. The zero-order chi connectivity index (χ0) is 8.43. The molecule has 5 heteroatoms. The maximum atomic E-state index is 12.3. The Morgan fingerprint density at radius 2 is 2.45 bits per heavy atom. The summed E-state index contributed by atoms with van der Waals surface area (Å²) in [6.45, 7) is 1.82. The third-order valence-electron chi connectivity index (χ3n) is 2.15. The molecular weight excluding hydrogens is 146 g/mol. The lowest BCUT2D eigenvalue weighted by atomic mass is 9.84. The molecule has 0 radical (unpaired) electrons. The molecule has 0 bridgehead atoms. The molecule has 0 aromatic rings. The zero-order valence-electron chi connectivity index (χ0n) is 6.70. The number of hydrogen-bond acceptors (Lipinski definition) is 3. The van der Waals surface area contributed by atoms with Crippen molar-refractivity contribution in [2.45, 2.75) is 25.3 Å². The minimum absolute atomic E-state index is 0.0188. The van der Waals surface area contributed by atoms with Crippen molar-refractivity contribution in [3.8, 4) is 0 Å². The molecule has 11 heavy (non-hydrogen) atoms. The van der Waals surface area contributed by atoms with Crippen molar-refractivity contribution in [3.63, 3.8) is 0 Å². The van der Waals surface area contributed by atoms with Gasteiger partial charge in [-0.1, -0.05) is 0 Å². The average molecular weight is 160 g/mol. The standard InChI is InChI=1S/C6H14BFN2O/c1-7(11)10-4-5(9)2-6(10)3-8/h5-6,11H,2-4,9H2,1H3. The van der Waals surface area contributed by atoms with Crippen LogP contribution in [0.2, 0.25) is 6.82 Å². The van der Waals surface area contributed by atoms with Crippen molar-refractivity contribution in [1.29, 1.82) is 0 Å². The summed E-state index contributed by atoms with van der Waals surface area (Å²) in [7, 11) is -0.579. The summed E-state index contributed by atoms with van der Waals surface area (Å²) in [6, 6.07) is -0.157. The van der Waals surface area contributed by atoms with E-state index < -0.39 is 13.7 Å². The molecule has 1 aliphatic rings. The highest BCUT2D eigenvalue weighted by atomic mass is 19.1. The van der Waals surface area contributed by atoms with Crippen molar-refractivity contribution in [2.24, 2.45) is 5.73 Å². The van der Waals surface area contributed by atoms with Gasteiger partial charge < -0.3 is 15.6 Å². The molecule has 0 spiro atoms. The molecule has 0 amide bonds. The third-order valence-corrected chi connectivity index (χ3v) is 2.15. The Bertz CT molecular complexity index is 136. The van der Waals surface area contributed by atoms with E-state index >= 15 is 0 Å². The summed E-state index contributed by atoms with van der Waals surface area (Å²) < 4.78 is 12.3. The van der Waals surface area contributed by atoms with Crippen molar-refractivity contribution in [2.75, 3.05) is 13.2 Å². The van der Waals surface area contributed by atoms with E-state index in [1.54, 1.807) is 11.6 Å². The normalized spacial score (nSPS) is 32.7. The Morgan fingerprint density at radius 1 is 1.82 bits per heavy atom.